The van der Waals surface area contributed by atoms with Gasteiger partial charge in [-0.1, -0.05) is 27.7 Å². The number of aliphatic imine (C=N–C) groups is 1. The maximum absolute atomic E-state index is 12.5. The van der Waals surface area contributed by atoms with E-state index in [0.29, 0.717) is 28.0 Å². The number of carbonyl (C=O) groups excluding carboxylic acids is 1. The van der Waals surface area contributed by atoms with Crippen LogP contribution in [0.5, 0.6) is 11.5 Å². The molecule has 2 aliphatic heterocycles. The van der Waals surface area contributed by atoms with Crippen molar-refractivity contribution < 1.29 is 22.7 Å². The highest BCUT2D eigenvalue weighted by molar-refractivity contribution is 9.10. The maximum atomic E-state index is 12.5. The zero-order chi connectivity index (χ0) is 22.9. The summed E-state index contributed by atoms with van der Waals surface area (Å²) in [6, 6.07) is 11.9. The number of hydrogen-bond donors (Lipinski definition) is 1. The minimum absolute atomic E-state index is 0.00329. The van der Waals surface area contributed by atoms with Gasteiger partial charge in [0.15, 0.2) is 15.0 Å². The SMILES string of the molecule is COc1ccc(OC)c(N2C(SCC(=O)Nc3ccc(Br)cc3)=N[C@H]3CS(=O)(=O)C[C@@H]32)c1. The second kappa shape index (κ2) is 9.32. The molecule has 0 saturated carbocycles. The topological polar surface area (TPSA) is 97.3 Å². The Hall–Kier alpha value is -2.24. The van der Waals surface area contributed by atoms with Crippen molar-refractivity contribution in [2.75, 3.05) is 41.7 Å². The Morgan fingerprint density at radius 3 is 2.62 bits per heavy atom. The standard InChI is InChI=1S/C21H22BrN3O5S2/c1-29-15-7-8-19(30-2)17(9-15)25-18-12-32(27,28)11-16(18)24-21(25)31-10-20(26)23-14-5-3-13(22)4-6-14/h3-9,16,18H,10-12H2,1-2H3,(H,23,26)/t16-,18-/m0/s1. The van der Waals surface area contributed by atoms with Gasteiger partial charge in [0.1, 0.15) is 11.5 Å². The number of anilines is 2. The first-order valence-corrected chi connectivity index (χ1v) is 13.4. The molecule has 0 spiro atoms. The van der Waals surface area contributed by atoms with Crippen molar-refractivity contribution >= 4 is 60.0 Å². The smallest absolute Gasteiger partial charge is 0.234 e. The average molecular weight is 540 g/mol. The molecule has 170 valence electrons. The quantitative estimate of drug-likeness (QED) is 0.601. The van der Waals surface area contributed by atoms with Gasteiger partial charge in [0.25, 0.3) is 0 Å². The van der Waals surface area contributed by atoms with Crippen LogP contribution in [0.3, 0.4) is 0 Å². The number of methoxy groups -OCH3 is 2. The number of sulfone groups is 1. The Balaban J connectivity index is 1.57. The molecule has 0 aliphatic carbocycles. The minimum atomic E-state index is -3.19. The van der Waals surface area contributed by atoms with Gasteiger partial charge >= 0.3 is 0 Å². The summed E-state index contributed by atoms with van der Waals surface area (Å²) in [6.07, 6.45) is 0. The van der Waals surface area contributed by atoms with Gasteiger partial charge in [0, 0.05) is 16.2 Å². The third-order valence-electron chi connectivity index (χ3n) is 5.21. The molecule has 2 atom stereocenters. The van der Waals surface area contributed by atoms with Crippen molar-refractivity contribution in [1.82, 2.24) is 0 Å². The van der Waals surface area contributed by atoms with Crippen LogP contribution in [0.2, 0.25) is 0 Å². The number of amidine groups is 1. The van der Waals surface area contributed by atoms with E-state index in [9.17, 15) is 13.2 Å². The Bertz CT molecular complexity index is 1150. The number of amides is 1. The molecule has 1 amide bonds. The molecule has 8 nitrogen and oxygen atoms in total. The molecule has 1 saturated heterocycles. The van der Waals surface area contributed by atoms with Crippen molar-refractivity contribution in [1.29, 1.82) is 0 Å². The van der Waals surface area contributed by atoms with Gasteiger partial charge in [-0.2, -0.15) is 0 Å². The van der Waals surface area contributed by atoms with E-state index in [4.69, 9.17) is 9.47 Å². The molecule has 4 rings (SSSR count). The number of halogens is 1. The normalized spacial score (nSPS) is 21.1. The zero-order valence-corrected chi connectivity index (χ0v) is 20.7. The van der Waals surface area contributed by atoms with E-state index in [1.165, 1.54) is 11.8 Å². The first kappa shape index (κ1) is 22.9. The van der Waals surface area contributed by atoms with Crippen LogP contribution in [0.4, 0.5) is 11.4 Å². The van der Waals surface area contributed by atoms with E-state index in [1.54, 1.807) is 32.4 Å². The van der Waals surface area contributed by atoms with E-state index in [1.807, 2.05) is 29.2 Å². The Labute approximate surface area is 199 Å². The van der Waals surface area contributed by atoms with E-state index >= 15 is 0 Å². The summed E-state index contributed by atoms with van der Waals surface area (Å²) in [7, 11) is -0.0743. The maximum Gasteiger partial charge on any atom is 0.234 e. The number of fused-ring (bicyclic) bond motifs is 1. The number of benzene rings is 2. The van der Waals surface area contributed by atoms with Crippen LogP contribution in [0.25, 0.3) is 0 Å². The van der Waals surface area contributed by atoms with Gasteiger partial charge in [-0.25, -0.2) is 8.42 Å². The number of nitrogens with zero attached hydrogens (tertiary/aromatic N) is 2. The van der Waals surface area contributed by atoms with Crippen LogP contribution in [0.15, 0.2) is 51.9 Å². The van der Waals surface area contributed by atoms with Crippen LogP contribution < -0.4 is 19.7 Å². The summed E-state index contributed by atoms with van der Waals surface area (Å²) in [4.78, 5) is 19.1. The second-order valence-electron chi connectivity index (χ2n) is 7.37. The predicted octanol–water partition coefficient (Wildman–Crippen LogP) is 3.18. The fourth-order valence-corrected chi connectivity index (χ4v) is 6.78. The molecule has 2 aromatic rings. The Morgan fingerprint density at radius 2 is 1.94 bits per heavy atom. The Kier molecular flexibility index (Phi) is 6.68. The van der Waals surface area contributed by atoms with E-state index in [2.05, 4.69) is 26.2 Å². The van der Waals surface area contributed by atoms with Crippen LogP contribution >= 0.6 is 27.7 Å². The summed E-state index contributed by atoms with van der Waals surface area (Å²) in [5.74, 6) is 1.13. The van der Waals surface area contributed by atoms with Crippen molar-refractivity contribution in [2.24, 2.45) is 4.99 Å². The fourth-order valence-electron chi connectivity index (χ4n) is 3.76. The van der Waals surface area contributed by atoms with Crippen molar-refractivity contribution in [3.8, 4) is 11.5 Å². The zero-order valence-electron chi connectivity index (χ0n) is 17.4. The molecule has 1 N–H and O–H groups in total. The molecule has 0 unspecified atom stereocenters. The summed E-state index contributed by atoms with van der Waals surface area (Å²) >= 11 is 4.64. The van der Waals surface area contributed by atoms with Crippen LogP contribution in [0.1, 0.15) is 0 Å². The molecule has 2 aliphatic rings. The fraction of sp³-hybridized carbons (Fsp3) is 0.333. The molecule has 0 aromatic heterocycles. The summed E-state index contributed by atoms with van der Waals surface area (Å²) < 4.78 is 36.4. The first-order chi connectivity index (χ1) is 15.3. The lowest BCUT2D eigenvalue weighted by Crippen LogP contribution is -2.39. The number of rotatable bonds is 6. The van der Waals surface area contributed by atoms with Gasteiger partial charge in [0.05, 0.1) is 49.2 Å². The summed E-state index contributed by atoms with van der Waals surface area (Å²) in [5.41, 5.74) is 1.36. The summed E-state index contributed by atoms with van der Waals surface area (Å²) in [6.45, 7) is 0. The number of hydrogen-bond acceptors (Lipinski definition) is 8. The van der Waals surface area contributed by atoms with E-state index in [-0.39, 0.29) is 35.2 Å². The van der Waals surface area contributed by atoms with Gasteiger partial charge < -0.3 is 19.7 Å². The number of thioether (sulfide) groups is 1. The lowest BCUT2D eigenvalue weighted by molar-refractivity contribution is -0.113. The number of carbonyl (C=O) groups is 1. The van der Waals surface area contributed by atoms with Crippen molar-refractivity contribution in [3.63, 3.8) is 0 Å². The third-order valence-corrected chi connectivity index (χ3v) is 8.41. The number of nitrogens with one attached hydrogen (secondary N) is 1. The molecule has 1 fully saturated rings. The lowest BCUT2D eigenvalue weighted by Gasteiger charge is -2.28. The van der Waals surface area contributed by atoms with Crippen molar-refractivity contribution in [3.05, 3.63) is 46.9 Å². The Morgan fingerprint density at radius 1 is 1.19 bits per heavy atom. The molecule has 0 radical (unpaired) electrons. The van der Waals surface area contributed by atoms with Crippen molar-refractivity contribution in [2.45, 2.75) is 12.1 Å². The highest BCUT2D eigenvalue weighted by Gasteiger charge is 2.48. The molecule has 2 aromatic carbocycles. The molecular formula is C21H22BrN3O5S2. The van der Waals surface area contributed by atoms with Gasteiger partial charge in [-0.05, 0) is 36.4 Å². The molecule has 0 bridgehead atoms. The largest absolute Gasteiger partial charge is 0.497 e. The third kappa shape index (κ3) is 4.89. The van der Waals surface area contributed by atoms with Crippen LogP contribution in [-0.2, 0) is 14.6 Å². The predicted molar refractivity (Wildman–Crippen MR) is 131 cm³/mol. The second-order valence-corrected chi connectivity index (χ2v) is 11.4. The average Bonchev–Trinajstić information content (AvgIpc) is 3.24. The first-order valence-electron chi connectivity index (χ1n) is 9.77. The number of ether oxygens (including phenoxy) is 2. The van der Waals surface area contributed by atoms with Gasteiger partial charge in [-0.15, -0.1) is 0 Å². The van der Waals surface area contributed by atoms with Crippen LogP contribution in [0, 0.1) is 0 Å². The molecule has 2 heterocycles. The van der Waals surface area contributed by atoms with E-state index < -0.39 is 9.84 Å². The van der Waals surface area contributed by atoms with E-state index in [0.717, 1.165) is 4.47 Å². The highest BCUT2D eigenvalue weighted by atomic mass is 79.9. The monoisotopic (exact) mass is 539 g/mol. The minimum Gasteiger partial charge on any atom is -0.497 e. The van der Waals surface area contributed by atoms with Gasteiger partial charge in [-0.3, -0.25) is 9.79 Å². The van der Waals surface area contributed by atoms with Gasteiger partial charge in [0.2, 0.25) is 5.91 Å². The summed E-state index contributed by atoms with van der Waals surface area (Å²) in [5, 5.41) is 3.45. The molecular weight excluding hydrogens is 518 g/mol. The highest BCUT2D eigenvalue weighted by Crippen LogP contribution is 2.41. The molecule has 32 heavy (non-hydrogen) atoms. The lowest BCUT2D eigenvalue weighted by atomic mass is 10.1. The van der Waals surface area contributed by atoms with Crippen LogP contribution in [-0.4, -0.2) is 63.1 Å². The molecule has 11 heteroatoms.